The van der Waals surface area contributed by atoms with E-state index < -0.39 is 30.1 Å². The molecule has 0 spiro atoms. The Morgan fingerprint density at radius 2 is 1.74 bits per heavy atom. The van der Waals surface area contributed by atoms with Crippen molar-refractivity contribution in [3.05, 3.63) is 77.1 Å². The van der Waals surface area contributed by atoms with Crippen molar-refractivity contribution in [1.82, 2.24) is 5.43 Å². The van der Waals surface area contributed by atoms with Crippen LogP contribution in [0.2, 0.25) is 5.02 Å². The van der Waals surface area contributed by atoms with Crippen molar-refractivity contribution in [3.8, 4) is 17.2 Å². The Kier molecular flexibility index (Phi) is 10.6. The Hall–Kier alpha value is -4.64. The van der Waals surface area contributed by atoms with Crippen LogP contribution in [0.4, 0.5) is 15.8 Å². The smallest absolute Gasteiger partial charge is 0.329 e. The number of amides is 3. The van der Waals surface area contributed by atoms with Gasteiger partial charge in [-0.1, -0.05) is 30.7 Å². The van der Waals surface area contributed by atoms with E-state index in [4.69, 9.17) is 25.8 Å². The van der Waals surface area contributed by atoms with Crippen LogP contribution < -0.4 is 30.3 Å². The van der Waals surface area contributed by atoms with Gasteiger partial charge >= 0.3 is 11.8 Å². The highest BCUT2D eigenvalue weighted by Crippen LogP contribution is 2.36. The molecule has 0 saturated heterocycles. The molecule has 0 aliphatic rings. The number of halogens is 2. The minimum Gasteiger partial charge on any atom is -0.494 e. The topological polar surface area (TPSA) is 127 Å². The molecule has 204 valence electrons. The second kappa shape index (κ2) is 14.3. The van der Waals surface area contributed by atoms with E-state index in [1.807, 2.05) is 6.92 Å². The van der Waals surface area contributed by atoms with E-state index in [0.29, 0.717) is 23.6 Å². The summed E-state index contributed by atoms with van der Waals surface area (Å²) in [5.41, 5.74) is 2.96. The van der Waals surface area contributed by atoms with Crippen molar-refractivity contribution < 1.29 is 33.0 Å². The van der Waals surface area contributed by atoms with Crippen molar-refractivity contribution in [2.75, 3.05) is 31.0 Å². The standard InChI is InChI=1S/C27H26ClFN4O6/c1-3-12-38-19-10-8-18(9-11-19)31-26(35)27(36)33-30-15-17-13-20(28)25(23(14-17)37-2)39-16-24(34)32-22-7-5-4-6-21(22)29/h4-11,13-15H,3,12,16H2,1-2H3,(H,31,35)(H,32,34)(H,33,36)/b30-15-. The van der Waals surface area contributed by atoms with Gasteiger partial charge in [0.2, 0.25) is 0 Å². The van der Waals surface area contributed by atoms with E-state index in [0.717, 1.165) is 6.42 Å². The molecule has 3 aromatic rings. The highest BCUT2D eigenvalue weighted by molar-refractivity contribution is 6.39. The first kappa shape index (κ1) is 28.9. The summed E-state index contributed by atoms with van der Waals surface area (Å²) in [5.74, 6) is -2.18. The first-order valence-electron chi connectivity index (χ1n) is 11.7. The molecular weight excluding hydrogens is 531 g/mol. The Labute approximate surface area is 229 Å². The fraction of sp³-hybridized carbons (Fsp3) is 0.185. The predicted octanol–water partition coefficient (Wildman–Crippen LogP) is 4.38. The third kappa shape index (κ3) is 8.71. The number of hydrazone groups is 1. The Morgan fingerprint density at radius 1 is 1.00 bits per heavy atom. The fourth-order valence-electron chi connectivity index (χ4n) is 3.10. The summed E-state index contributed by atoms with van der Waals surface area (Å²) in [6.07, 6.45) is 2.11. The maximum atomic E-state index is 13.7. The molecule has 0 heterocycles. The van der Waals surface area contributed by atoms with Crippen LogP contribution >= 0.6 is 11.6 Å². The number of ether oxygens (including phenoxy) is 3. The van der Waals surface area contributed by atoms with Crippen LogP contribution in [0.15, 0.2) is 65.8 Å². The van der Waals surface area contributed by atoms with Gasteiger partial charge in [-0.25, -0.2) is 9.82 Å². The zero-order valence-corrected chi connectivity index (χ0v) is 21.9. The number of rotatable bonds is 11. The Balaban J connectivity index is 1.54. The number of para-hydroxylation sites is 1. The number of methoxy groups -OCH3 is 1. The van der Waals surface area contributed by atoms with E-state index in [1.54, 1.807) is 30.3 Å². The number of benzene rings is 3. The van der Waals surface area contributed by atoms with E-state index in [9.17, 15) is 18.8 Å². The van der Waals surface area contributed by atoms with E-state index in [2.05, 4.69) is 21.2 Å². The number of hydrogen-bond donors (Lipinski definition) is 3. The van der Waals surface area contributed by atoms with Crippen molar-refractivity contribution in [2.45, 2.75) is 13.3 Å². The van der Waals surface area contributed by atoms with Gasteiger partial charge in [-0.15, -0.1) is 0 Å². The molecule has 39 heavy (non-hydrogen) atoms. The molecule has 0 aromatic heterocycles. The number of anilines is 2. The molecule has 0 fully saturated rings. The average Bonchev–Trinajstić information content (AvgIpc) is 2.93. The van der Waals surface area contributed by atoms with E-state index in [-0.39, 0.29) is 22.2 Å². The second-order valence-corrected chi connectivity index (χ2v) is 8.28. The molecule has 0 saturated carbocycles. The average molecular weight is 557 g/mol. The van der Waals surface area contributed by atoms with Gasteiger partial charge in [0.1, 0.15) is 11.6 Å². The SMILES string of the molecule is CCCOc1ccc(NC(=O)C(=O)N/N=C\c2cc(Cl)c(OCC(=O)Nc3ccccc3F)c(OC)c2)cc1. The van der Waals surface area contributed by atoms with Crippen LogP contribution in [0.5, 0.6) is 17.2 Å². The molecule has 0 aliphatic carbocycles. The zero-order valence-electron chi connectivity index (χ0n) is 21.1. The molecule has 0 unspecified atom stereocenters. The van der Waals surface area contributed by atoms with Crippen molar-refractivity contribution in [3.63, 3.8) is 0 Å². The normalized spacial score (nSPS) is 10.6. The van der Waals surface area contributed by atoms with Gasteiger partial charge in [0.25, 0.3) is 5.91 Å². The molecule has 0 radical (unpaired) electrons. The molecule has 10 nitrogen and oxygen atoms in total. The quantitative estimate of drug-likeness (QED) is 0.183. The summed E-state index contributed by atoms with van der Waals surface area (Å²) in [4.78, 5) is 36.4. The van der Waals surface area contributed by atoms with E-state index in [1.165, 1.54) is 43.7 Å². The van der Waals surface area contributed by atoms with Crippen LogP contribution in [-0.2, 0) is 14.4 Å². The van der Waals surface area contributed by atoms with E-state index >= 15 is 0 Å². The summed E-state index contributed by atoms with van der Waals surface area (Å²) in [6.45, 7) is 2.11. The lowest BCUT2D eigenvalue weighted by atomic mass is 10.2. The highest BCUT2D eigenvalue weighted by atomic mass is 35.5. The van der Waals surface area contributed by atoms with Gasteiger partial charge in [0.15, 0.2) is 18.1 Å². The molecule has 0 aliphatic heterocycles. The summed E-state index contributed by atoms with van der Waals surface area (Å²) >= 11 is 6.28. The largest absolute Gasteiger partial charge is 0.494 e. The van der Waals surface area contributed by atoms with Crippen LogP contribution in [0.3, 0.4) is 0 Å². The van der Waals surface area contributed by atoms with Crippen molar-refractivity contribution in [2.24, 2.45) is 5.10 Å². The number of carbonyl (C=O) groups excluding carboxylic acids is 3. The number of nitrogens with one attached hydrogen (secondary N) is 3. The summed E-state index contributed by atoms with van der Waals surface area (Å²) < 4.78 is 29.9. The minimum absolute atomic E-state index is 0.0152. The van der Waals surface area contributed by atoms with Crippen LogP contribution in [0.25, 0.3) is 0 Å². The first-order chi connectivity index (χ1) is 18.8. The van der Waals surface area contributed by atoms with Crippen molar-refractivity contribution >= 4 is 46.9 Å². The van der Waals surface area contributed by atoms with Gasteiger partial charge in [0, 0.05) is 5.69 Å². The Bertz CT molecular complexity index is 1350. The number of carbonyl (C=O) groups is 3. The van der Waals surface area contributed by atoms with Crippen LogP contribution in [0, 0.1) is 5.82 Å². The monoisotopic (exact) mass is 556 g/mol. The maximum absolute atomic E-state index is 13.7. The predicted molar refractivity (Wildman–Crippen MR) is 145 cm³/mol. The molecule has 3 aromatic carbocycles. The highest BCUT2D eigenvalue weighted by Gasteiger charge is 2.16. The lowest BCUT2D eigenvalue weighted by Crippen LogP contribution is -2.32. The zero-order chi connectivity index (χ0) is 28.2. The molecule has 0 atom stereocenters. The summed E-state index contributed by atoms with van der Waals surface area (Å²) in [6, 6.07) is 15.2. The molecule has 12 heteroatoms. The van der Waals surface area contributed by atoms with Gasteiger partial charge in [-0.2, -0.15) is 5.10 Å². The van der Waals surface area contributed by atoms with Crippen LogP contribution in [0.1, 0.15) is 18.9 Å². The Morgan fingerprint density at radius 3 is 2.44 bits per heavy atom. The van der Waals surface area contributed by atoms with Gasteiger partial charge < -0.3 is 24.8 Å². The first-order valence-corrected chi connectivity index (χ1v) is 12.1. The molecule has 3 amide bonds. The number of nitrogens with zero attached hydrogens (tertiary/aromatic N) is 1. The lowest BCUT2D eigenvalue weighted by Gasteiger charge is -2.13. The van der Waals surface area contributed by atoms with Crippen molar-refractivity contribution in [1.29, 1.82) is 0 Å². The second-order valence-electron chi connectivity index (χ2n) is 7.88. The summed E-state index contributed by atoms with van der Waals surface area (Å²) in [7, 11) is 1.37. The third-order valence-corrected chi connectivity index (χ3v) is 5.20. The van der Waals surface area contributed by atoms with Gasteiger partial charge in [-0.3, -0.25) is 14.4 Å². The molecule has 3 N–H and O–H groups in total. The number of hydrogen-bond acceptors (Lipinski definition) is 7. The lowest BCUT2D eigenvalue weighted by molar-refractivity contribution is -0.136. The van der Waals surface area contributed by atoms with Gasteiger partial charge in [-0.05, 0) is 60.5 Å². The molecule has 3 rings (SSSR count). The third-order valence-electron chi connectivity index (χ3n) is 4.92. The molecule has 0 bridgehead atoms. The molecular formula is C27H26ClFN4O6. The van der Waals surface area contributed by atoms with Gasteiger partial charge in [0.05, 0.1) is 30.6 Å². The fourth-order valence-corrected chi connectivity index (χ4v) is 3.37. The minimum atomic E-state index is -0.989. The summed E-state index contributed by atoms with van der Waals surface area (Å²) in [5, 5.41) is 8.71. The van der Waals surface area contributed by atoms with Crippen LogP contribution in [-0.4, -0.2) is 44.3 Å². The maximum Gasteiger partial charge on any atom is 0.329 e.